The van der Waals surface area contributed by atoms with Gasteiger partial charge in [0.25, 0.3) is 0 Å². The molecule has 0 unspecified atom stereocenters. The van der Waals surface area contributed by atoms with Crippen LogP contribution in [0, 0.1) is 0 Å². The fraction of sp³-hybridized carbons (Fsp3) is 0. The Morgan fingerprint density at radius 3 is 2.11 bits per heavy atom. The lowest BCUT2D eigenvalue weighted by Crippen LogP contribution is -2.09. The smallest absolute Gasteiger partial charge is 0.339 e. The Morgan fingerprint density at radius 1 is 0.852 bits per heavy atom. The Kier molecular flexibility index (Phi) is 5.38. The molecule has 5 nitrogen and oxygen atoms in total. The van der Waals surface area contributed by atoms with E-state index < -0.39 is 10.1 Å². The van der Waals surface area contributed by atoms with Gasteiger partial charge in [0.1, 0.15) is 16.4 Å². The van der Waals surface area contributed by atoms with Crippen molar-refractivity contribution in [3.05, 3.63) is 96.1 Å². The molecule has 0 fully saturated rings. The second-order valence-electron chi connectivity index (χ2n) is 5.66. The second kappa shape index (κ2) is 7.88. The van der Waals surface area contributed by atoms with Crippen LogP contribution in [0.25, 0.3) is 6.08 Å². The summed E-state index contributed by atoms with van der Waals surface area (Å²) in [5.41, 5.74) is 1.17. The topological polar surface area (TPSA) is 80.7 Å². The molecule has 3 aromatic rings. The van der Waals surface area contributed by atoms with Crippen molar-refractivity contribution in [1.29, 1.82) is 0 Å². The summed E-state index contributed by atoms with van der Waals surface area (Å²) in [6, 6.07) is 20.1. The van der Waals surface area contributed by atoms with E-state index in [1.54, 1.807) is 36.4 Å². The third-order valence-corrected chi connectivity index (χ3v) is 4.96. The summed E-state index contributed by atoms with van der Waals surface area (Å²) in [5, 5.41) is 9.25. The second-order valence-corrected chi connectivity index (χ2v) is 7.21. The molecule has 0 heterocycles. The van der Waals surface area contributed by atoms with Crippen LogP contribution in [0.3, 0.4) is 0 Å². The molecule has 3 rings (SSSR count). The molecule has 6 heteroatoms. The van der Waals surface area contributed by atoms with Crippen LogP contribution in [-0.4, -0.2) is 19.3 Å². The number of carbonyl (C=O) groups excluding carboxylic acids is 1. The Morgan fingerprint density at radius 2 is 1.48 bits per heavy atom. The van der Waals surface area contributed by atoms with Crippen molar-refractivity contribution >= 4 is 22.0 Å². The van der Waals surface area contributed by atoms with E-state index in [0.29, 0.717) is 5.56 Å². The molecule has 0 bridgehead atoms. The first-order valence-electron chi connectivity index (χ1n) is 8.05. The first-order valence-corrected chi connectivity index (χ1v) is 9.46. The van der Waals surface area contributed by atoms with E-state index in [9.17, 15) is 18.3 Å². The van der Waals surface area contributed by atoms with Crippen LogP contribution < -0.4 is 4.18 Å². The number of rotatable bonds is 6. The lowest BCUT2D eigenvalue weighted by Gasteiger charge is -2.07. The van der Waals surface area contributed by atoms with Crippen LogP contribution in [0.4, 0.5) is 0 Å². The third kappa shape index (κ3) is 4.83. The van der Waals surface area contributed by atoms with Gasteiger partial charge in [-0.2, -0.15) is 8.42 Å². The number of phenols is 1. The predicted molar refractivity (Wildman–Crippen MR) is 102 cm³/mol. The number of phenolic OH excluding ortho intramolecular Hbond substituents is 1. The van der Waals surface area contributed by atoms with E-state index in [1.807, 2.05) is 0 Å². The first-order chi connectivity index (χ1) is 12.9. The molecule has 3 aromatic carbocycles. The van der Waals surface area contributed by atoms with Gasteiger partial charge in [-0.3, -0.25) is 4.79 Å². The highest BCUT2D eigenvalue weighted by atomic mass is 32.2. The lowest BCUT2D eigenvalue weighted by atomic mass is 10.1. The zero-order chi connectivity index (χ0) is 19.3. The number of benzene rings is 3. The number of allylic oxidation sites excluding steroid dienone is 1. The minimum atomic E-state index is -3.92. The molecule has 0 aliphatic carbocycles. The van der Waals surface area contributed by atoms with Crippen LogP contribution >= 0.6 is 0 Å². The fourth-order valence-corrected chi connectivity index (χ4v) is 3.24. The van der Waals surface area contributed by atoms with Gasteiger partial charge in [-0.25, -0.2) is 0 Å². The van der Waals surface area contributed by atoms with Crippen LogP contribution in [0.2, 0.25) is 0 Å². The fourth-order valence-electron chi connectivity index (χ4n) is 2.29. The zero-order valence-corrected chi connectivity index (χ0v) is 15.0. The maximum Gasteiger partial charge on any atom is 0.339 e. The molecule has 1 N–H and O–H groups in total. The quantitative estimate of drug-likeness (QED) is 0.396. The number of hydrogen-bond acceptors (Lipinski definition) is 5. The Balaban J connectivity index is 1.69. The van der Waals surface area contributed by atoms with Crippen LogP contribution in [0.1, 0.15) is 15.9 Å². The molecule has 27 heavy (non-hydrogen) atoms. The van der Waals surface area contributed by atoms with Crippen LogP contribution in [-0.2, 0) is 10.1 Å². The molecule has 0 amide bonds. The average molecular weight is 380 g/mol. The van der Waals surface area contributed by atoms with E-state index in [4.69, 9.17) is 4.18 Å². The van der Waals surface area contributed by atoms with Gasteiger partial charge in [0.05, 0.1) is 0 Å². The molecule has 0 radical (unpaired) electrons. The number of aromatic hydroxyl groups is 1. The third-order valence-electron chi connectivity index (χ3n) is 3.70. The molecule has 0 spiro atoms. The predicted octanol–water partition coefficient (Wildman–Crippen LogP) is 4.06. The summed E-state index contributed by atoms with van der Waals surface area (Å²) in [7, 11) is -3.92. The van der Waals surface area contributed by atoms with Crippen molar-refractivity contribution in [3.8, 4) is 11.5 Å². The van der Waals surface area contributed by atoms with Gasteiger partial charge in [-0.05, 0) is 60.2 Å². The molecule has 0 saturated carbocycles. The number of ketones is 1. The molecule has 0 aliphatic heterocycles. The highest BCUT2D eigenvalue weighted by Crippen LogP contribution is 2.19. The standard InChI is InChI=1S/C21H16O5S/c22-18-11-6-16(7-12-18)8-15-21(23)17-9-13-19(14-10-17)26-27(24,25)20-4-2-1-3-5-20/h1-15,22H. The van der Waals surface area contributed by atoms with Crippen LogP contribution in [0.5, 0.6) is 11.5 Å². The molecule has 0 saturated heterocycles. The summed E-state index contributed by atoms with van der Waals surface area (Å²) >= 11 is 0. The van der Waals surface area contributed by atoms with E-state index in [2.05, 4.69) is 0 Å². The van der Waals surface area contributed by atoms with Crippen molar-refractivity contribution in [3.63, 3.8) is 0 Å². The van der Waals surface area contributed by atoms with Gasteiger partial charge < -0.3 is 9.29 Å². The molecule has 136 valence electrons. The monoisotopic (exact) mass is 380 g/mol. The molecular formula is C21H16O5S. The van der Waals surface area contributed by atoms with Crippen molar-refractivity contribution in [1.82, 2.24) is 0 Å². The highest BCUT2D eigenvalue weighted by molar-refractivity contribution is 7.87. The Bertz CT molecular complexity index is 1050. The minimum absolute atomic E-state index is 0.0574. The maximum absolute atomic E-state index is 12.2. The van der Waals surface area contributed by atoms with E-state index >= 15 is 0 Å². The Hall–Kier alpha value is -3.38. The maximum atomic E-state index is 12.2. The number of hydrogen-bond donors (Lipinski definition) is 1. The van der Waals surface area contributed by atoms with Gasteiger partial charge in [-0.1, -0.05) is 36.4 Å². The summed E-state index contributed by atoms with van der Waals surface area (Å²) in [6.45, 7) is 0. The summed E-state index contributed by atoms with van der Waals surface area (Å²) in [6.07, 6.45) is 3.04. The largest absolute Gasteiger partial charge is 0.508 e. The van der Waals surface area contributed by atoms with Gasteiger partial charge in [0.2, 0.25) is 0 Å². The number of carbonyl (C=O) groups is 1. The van der Waals surface area contributed by atoms with Gasteiger partial charge in [0, 0.05) is 5.56 Å². The van der Waals surface area contributed by atoms with Gasteiger partial charge >= 0.3 is 10.1 Å². The van der Waals surface area contributed by atoms with E-state index in [0.717, 1.165) is 5.56 Å². The van der Waals surface area contributed by atoms with Crippen LogP contribution in [0.15, 0.2) is 89.8 Å². The highest BCUT2D eigenvalue weighted by Gasteiger charge is 2.16. The molecule has 0 atom stereocenters. The van der Waals surface area contributed by atoms with Crippen molar-refractivity contribution in [2.75, 3.05) is 0 Å². The first kappa shape index (κ1) is 18.4. The normalized spacial score (nSPS) is 11.4. The molecule has 0 aliphatic rings. The zero-order valence-electron chi connectivity index (χ0n) is 14.1. The van der Waals surface area contributed by atoms with Crippen molar-refractivity contribution in [2.45, 2.75) is 4.90 Å². The molecule has 0 aromatic heterocycles. The average Bonchev–Trinajstić information content (AvgIpc) is 2.68. The van der Waals surface area contributed by atoms with E-state index in [1.165, 1.54) is 54.6 Å². The molecular weight excluding hydrogens is 364 g/mol. The van der Waals surface area contributed by atoms with E-state index in [-0.39, 0.29) is 22.2 Å². The van der Waals surface area contributed by atoms with Gasteiger partial charge in [0.15, 0.2) is 5.78 Å². The lowest BCUT2D eigenvalue weighted by molar-refractivity contribution is 0.104. The van der Waals surface area contributed by atoms with Crippen molar-refractivity contribution < 1.29 is 22.5 Å². The van der Waals surface area contributed by atoms with Gasteiger partial charge in [-0.15, -0.1) is 0 Å². The van der Waals surface area contributed by atoms with Crippen molar-refractivity contribution in [2.24, 2.45) is 0 Å². The summed E-state index contributed by atoms with van der Waals surface area (Å²) in [5.74, 6) is 0.0398. The SMILES string of the molecule is O=C(C=Cc1ccc(O)cc1)c1ccc(OS(=O)(=O)c2ccccc2)cc1. The summed E-state index contributed by atoms with van der Waals surface area (Å²) in [4.78, 5) is 12.3. The minimum Gasteiger partial charge on any atom is -0.508 e. The summed E-state index contributed by atoms with van der Waals surface area (Å²) < 4.78 is 29.5. The Labute approximate surface area is 157 Å².